The molecular formula is C52H37N3O. The Morgan fingerprint density at radius 1 is 0.411 bits per heavy atom. The molecule has 266 valence electrons. The lowest BCUT2D eigenvalue weighted by atomic mass is 9.67. The molecule has 7 aromatic carbocycles. The summed E-state index contributed by atoms with van der Waals surface area (Å²) in [6.45, 7) is 2.29. The van der Waals surface area contributed by atoms with Crippen LogP contribution < -0.4 is 4.74 Å². The van der Waals surface area contributed by atoms with E-state index in [-0.39, 0.29) is 6.10 Å². The molecule has 1 aliphatic heterocycles. The van der Waals surface area contributed by atoms with Crippen molar-refractivity contribution in [3.05, 3.63) is 211 Å². The van der Waals surface area contributed by atoms with Crippen molar-refractivity contribution in [2.75, 3.05) is 0 Å². The summed E-state index contributed by atoms with van der Waals surface area (Å²) in [5.74, 6) is 2.69. The van der Waals surface area contributed by atoms with E-state index in [1.165, 1.54) is 16.7 Å². The third-order valence-corrected chi connectivity index (χ3v) is 11.2. The lowest BCUT2D eigenvalue weighted by molar-refractivity contribution is 0.233. The molecule has 0 bridgehead atoms. The van der Waals surface area contributed by atoms with E-state index in [9.17, 15) is 0 Å². The number of hydrogen-bond acceptors (Lipinski definition) is 4. The van der Waals surface area contributed by atoms with Crippen LogP contribution in [-0.4, -0.2) is 21.1 Å². The minimum Gasteiger partial charge on any atom is -0.485 e. The van der Waals surface area contributed by atoms with Crippen LogP contribution in [0, 0.1) is 0 Å². The van der Waals surface area contributed by atoms with Gasteiger partial charge in [-0.1, -0.05) is 188 Å². The van der Waals surface area contributed by atoms with Crippen LogP contribution >= 0.6 is 0 Å². The number of ether oxygens (including phenoxy) is 1. The van der Waals surface area contributed by atoms with E-state index < -0.39 is 5.41 Å². The Kier molecular flexibility index (Phi) is 8.30. The number of aromatic nitrogens is 3. The minimum absolute atomic E-state index is 0.190. The molecule has 2 unspecified atom stereocenters. The van der Waals surface area contributed by atoms with Gasteiger partial charge in [0, 0.05) is 22.3 Å². The molecule has 2 aliphatic rings. The summed E-state index contributed by atoms with van der Waals surface area (Å²) in [7, 11) is 0. The van der Waals surface area contributed by atoms with E-state index in [0.717, 1.165) is 55.8 Å². The Labute approximate surface area is 327 Å². The van der Waals surface area contributed by atoms with Crippen LogP contribution in [0.15, 0.2) is 200 Å². The summed E-state index contributed by atoms with van der Waals surface area (Å²) in [6, 6.07) is 63.4. The predicted molar refractivity (Wildman–Crippen MR) is 228 cm³/mol. The van der Waals surface area contributed by atoms with E-state index in [2.05, 4.69) is 189 Å². The second kappa shape index (κ2) is 13.9. The highest BCUT2D eigenvalue weighted by molar-refractivity contribution is 5.86. The van der Waals surface area contributed by atoms with E-state index in [4.69, 9.17) is 19.7 Å². The van der Waals surface area contributed by atoms with Gasteiger partial charge in [-0.3, -0.25) is 0 Å². The van der Waals surface area contributed by atoms with Gasteiger partial charge in [-0.05, 0) is 63.6 Å². The van der Waals surface area contributed by atoms with Crippen molar-refractivity contribution in [2.45, 2.75) is 18.4 Å². The molecule has 56 heavy (non-hydrogen) atoms. The first-order valence-corrected chi connectivity index (χ1v) is 19.0. The van der Waals surface area contributed by atoms with E-state index in [1.54, 1.807) is 0 Å². The number of benzene rings is 7. The fraction of sp³-hybridized carbons (Fsp3) is 0.0577. The zero-order valence-electron chi connectivity index (χ0n) is 30.9. The third kappa shape index (κ3) is 5.93. The molecule has 0 amide bonds. The topological polar surface area (TPSA) is 47.9 Å². The monoisotopic (exact) mass is 719 g/mol. The van der Waals surface area contributed by atoms with E-state index in [0.29, 0.717) is 17.5 Å². The molecule has 4 heteroatoms. The highest BCUT2D eigenvalue weighted by Gasteiger charge is 2.50. The number of fused-ring (bicyclic) bond motifs is 3. The highest BCUT2D eigenvalue weighted by Crippen LogP contribution is 2.55. The van der Waals surface area contributed by atoms with Gasteiger partial charge in [0.1, 0.15) is 11.9 Å². The second-order valence-electron chi connectivity index (χ2n) is 14.5. The molecule has 4 nitrogen and oxygen atoms in total. The van der Waals surface area contributed by atoms with Crippen LogP contribution in [-0.2, 0) is 5.41 Å². The molecule has 10 rings (SSSR count). The van der Waals surface area contributed by atoms with Crippen molar-refractivity contribution in [3.8, 4) is 73.3 Å². The first-order valence-electron chi connectivity index (χ1n) is 19.0. The molecule has 0 saturated heterocycles. The van der Waals surface area contributed by atoms with Crippen molar-refractivity contribution >= 4 is 5.57 Å². The quantitative estimate of drug-likeness (QED) is 0.165. The van der Waals surface area contributed by atoms with Gasteiger partial charge in [0.15, 0.2) is 17.5 Å². The van der Waals surface area contributed by atoms with Crippen LogP contribution in [0.1, 0.15) is 18.1 Å². The maximum absolute atomic E-state index is 6.76. The molecular weight excluding hydrogens is 683 g/mol. The number of rotatable bonds is 7. The molecule has 1 aliphatic carbocycles. The second-order valence-corrected chi connectivity index (χ2v) is 14.5. The van der Waals surface area contributed by atoms with Gasteiger partial charge >= 0.3 is 0 Å². The maximum Gasteiger partial charge on any atom is 0.164 e. The molecule has 0 fully saturated rings. The van der Waals surface area contributed by atoms with Crippen molar-refractivity contribution in [2.24, 2.45) is 0 Å². The Hall–Kier alpha value is -7.17. The van der Waals surface area contributed by atoms with Gasteiger partial charge in [-0.2, -0.15) is 0 Å². The van der Waals surface area contributed by atoms with Crippen LogP contribution in [0.2, 0.25) is 0 Å². The normalized spacial score (nSPS) is 16.7. The summed E-state index contributed by atoms with van der Waals surface area (Å²) in [5.41, 5.74) is 12.7. The SMILES string of the molecule is CC12C(c3ccc(-c4ccccc4)cc3)=CC=CC1Oc1cccc(-c3nc(-c4ccc(-c5ccccc5)cc4)nc(-c4ccc(-c5ccccc5)cc4)n3)c12. The molecule has 8 aromatic rings. The van der Waals surface area contributed by atoms with E-state index >= 15 is 0 Å². The summed E-state index contributed by atoms with van der Waals surface area (Å²) >= 11 is 0. The molecule has 1 aromatic heterocycles. The number of hydrogen-bond donors (Lipinski definition) is 0. The highest BCUT2D eigenvalue weighted by atomic mass is 16.5. The Morgan fingerprint density at radius 2 is 0.821 bits per heavy atom. The Bertz CT molecular complexity index is 2640. The minimum atomic E-state index is -0.503. The average molecular weight is 720 g/mol. The van der Waals surface area contributed by atoms with Crippen molar-refractivity contribution in [1.82, 2.24) is 15.0 Å². The summed E-state index contributed by atoms with van der Waals surface area (Å²) in [4.78, 5) is 15.6. The van der Waals surface area contributed by atoms with E-state index in [1.807, 2.05) is 18.2 Å². The Morgan fingerprint density at radius 3 is 1.30 bits per heavy atom. The molecule has 0 saturated carbocycles. The fourth-order valence-corrected chi connectivity index (χ4v) is 8.20. The first-order chi connectivity index (χ1) is 27.6. The number of nitrogens with zero attached hydrogens (tertiary/aromatic N) is 3. The number of allylic oxidation sites excluding steroid dienone is 2. The maximum atomic E-state index is 6.76. The summed E-state index contributed by atoms with van der Waals surface area (Å²) < 4.78 is 6.76. The Balaban J connectivity index is 1.09. The first kappa shape index (κ1) is 33.4. The lowest BCUT2D eigenvalue weighted by Gasteiger charge is -2.35. The van der Waals surface area contributed by atoms with Crippen LogP contribution in [0.5, 0.6) is 5.75 Å². The summed E-state index contributed by atoms with van der Waals surface area (Å²) in [5, 5.41) is 0. The predicted octanol–water partition coefficient (Wildman–Crippen LogP) is 12.5. The molecule has 2 heterocycles. The van der Waals surface area contributed by atoms with Crippen molar-refractivity contribution in [3.63, 3.8) is 0 Å². The third-order valence-electron chi connectivity index (χ3n) is 11.2. The van der Waals surface area contributed by atoms with Crippen LogP contribution in [0.4, 0.5) is 0 Å². The average Bonchev–Trinajstić information content (AvgIpc) is 3.59. The van der Waals surface area contributed by atoms with Gasteiger partial charge in [0.05, 0.1) is 5.41 Å². The van der Waals surface area contributed by atoms with Gasteiger partial charge in [0.2, 0.25) is 0 Å². The molecule has 2 atom stereocenters. The molecule has 0 radical (unpaired) electrons. The van der Waals surface area contributed by atoms with Crippen LogP contribution in [0.25, 0.3) is 73.1 Å². The largest absolute Gasteiger partial charge is 0.485 e. The smallest absolute Gasteiger partial charge is 0.164 e. The van der Waals surface area contributed by atoms with Gasteiger partial charge in [-0.25, -0.2) is 15.0 Å². The molecule has 0 N–H and O–H groups in total. The lowest BCUT2D eigenvalue weighted by Crippen LogP contribution is -2.37. The van der Waals surface area contributed by atoms with Gasteiger partial charge < -0.3 is 4.74 Å². The zero-order valence-corrected chi connectivity index (χ0v) is 30.9. The summed E-state index contributed by atoms with van der Waals surface area (Å²) in [6.07, 6.45) is 6.33. The molecule has 0 spiro atoms. The standard InChI is InChI=1S/C52H37N3O/c1-52-45(41-29-23-38(24-30-41)35-13-5-2-6-14-35)20-12-22-47(52)56-46-21-11-19-44(48(46)52)51-54-49(42-31-25-39(26-32-42)36-15-7-3-8-16-36)53-50(55-51)43-33-27-40(28-34-43)37-17-9-4-10-18-37/h2-34,47H,1H3. The van der Waals surface area contributed by atoms with Gasteiger partial charge in [0.25, 0.3) is 0 Å². The zero-order chi connectivity index (χ0) is 37.5. The van der Waals surface area contributed by atoms with Gasteiger partial charge in [-0.15, -0.1) is 0 Å². The van der Waals surface area contributed by atoms with Crippen LogP contribution in [0.3, 0.4) is 0 Å². The van der Waals surface area contributed by atoms with Crippen molar-refractivity contribution < 1.29 is 4.74 Å². The van der Waals surface area contributed by atoms with Crippen molar-refractivity contribution in [1.29, 1.82) is 0 Å². The fourth-order valence-electron chi connectivity index (χ4n) is 8.20.